The molecule has 1 aliphatic heterocycles. The van der Waals surface area contributed by atoms with Gasteiger partial charge in [-0.05, 0) is 82.2 Å². The van der Waals surface area contributed by atoms with Crippen LogP contribution in [0.1, 0.15) is 86.9 Å². The first-order valence-electron chi connectivity index (χ1n) is 12.2. The molecule has 0 radical (unpaired) electrons. The van der Waals surface area contributed by atoms with Crippen LogP contribution in [-0.4, -0.2) is 38.8 Å². The minimum Gasteiger partial charge on any atom is -0.307 e. The normalized spacial score (nSPS) is 26.3. The molecule has 156 valence electrons. The average molecular weight is 395 g/mol. The summed E-state index contributed by atoms with van der Waals surface area (Å²) in [5, 5.41) is 6.52. The van der Waals surface area contributed by atoms with E-state index in [2.05, 4.69) is 14.6 Å². The summed E-state index contributed by atoms with van der Waals surface area (Å²) in [6.45, 7) is 3.44. The standard InChI is InChI=1S/C24H34N4O/c29-24-20-12-2-1-11-19(20)21-22(17-7-3-8-17)26-28(23(21)25-24)15-16-6-5-13-27(14-16)18-9-4-10-18/h16-18H,1-15H2,(H,25,29). The highest BCUT2D eigenvalue weighted by atomic mass is 16.1. The van der Waals surface area contributed by atoms with Crippen molar-refractivity contribution in [3.63, 3.8) is 0 Å². The third kappa shape index (κ3) is 3.08. The number of hydrogen-bond donors (Lipinski definition) is 1. The molecule has 3 aliphatic carbocycles. The number of aromatic nitrogens is 3. The van der Waals surface area contributed by atoms with Crippen molar-refractivity contribution >= 4 is 11.0 Å². The van der Waals surface area contributed by atoms with Crippen LogP contribution in [0.15, 0.2) is 4.79 Å². The van der Waals surface area contributed by atoms with Gasteiger partial charge in [-0.3, -0.25) is 4.79 Å². The molecule has 29 heavy (non-hydrogen) atoms. The summed E-state index contributed by atoms with van der Waals surface area (Å²) in [6.07, 6.45) is 15.0. The van der Waals surface area contributed by atoms with Crippen LogP contribution in [0.25, 0.3) is 11.0 Å². The number of hydrogen-bond acceptors (Lipinski definition) is 3. The Morgan fingerprint density at radius 2 is 1.72 bits per heavy atom. The zero-order valence-corrected chi connectivity index (χ0v) is 17.6. The van der Waals surface area contributed by atoms with Crippen molar-refractivity contribution in [3.05, 3.63) is 27.2 Å². The predicted molar refractivity (Wildman–Crippen MR) is 116 cm³/mol. The second-order valence-corrected chi connectivity index (χ2v) is 10.1. The lowest BCUT2D eigenvalue weighted by atomic mass is 9.80. The van der Waals surface area contributed by atoms with Gasteiger partial charge in [0.15, 0.2) is 0 Å². The molecule has 0 amide bonds. The maximum atomic E-state index is 12.9. The van der Waals surface area contributed by atoms with Gasteiger partial charge in [-0.1, -0.05) is 12.8 Å². The predicted octanol–water partition coefficient (Wildman–Crippen LogP) is 4.14. The maximum absolute atomic E-state index is 12.9. The fourth-order valence-corrected chi connectivity index (χ4v) is 6.19. The van der Waals surface area contributed by atoms with Crippen LogP contribution in [0.4, 0.5) is 0 Å². The Kier molecular flexibility index (Phi) is 4.55. The van der Waals surface area contributed by atoms with Crippen LogP contribution in [0, 0.1) is 5.92 Å². The summed E-state index contributed by atoms with van der Waals surface area (Å²) in [6, 6.07) is 0.838. The quantitative estimate of drug-likeness (QED) is 0.848. The van der Waals surface area contributed by atoms with Crippen LogP contribution >= 0.6 is 0 Å². The van der Waals surface area contributed by atoms with Gasteiger partial charge in [0.2, 0.25) is 0 Å². The largest absolute Gasteiger partial charge is 0.307 e. The molecule has 0 bridgehead atoms. The van der Waals surface area contributed by atoms with E-state index in [1.807, 2.05) is 0 Å². The van der Waals surface area contributed by atoms with Crippen molar-refractivity contribution in [2.75, 3.05) is 13.1 Å². The highest BCUT2D eigenvalue weighted by molar-refractivity contribution is 5.84. The molecule has 2 saturated carbocycles. The number of piperidine rings is 1. The Bertz CT molecular complexity index is 965. The van der Waals surface area contributed by atoms with Gasteiger partial charge >= 0.3 is 0 Å². The SMILES string of the molecule is O=c1[nH]c2c(c(C3CCC3)nn2CC2CCCN(C3CCC3)C2)c2c1CCCC2. The number of aromatic amines is 1. The van der Waals surface area contributed by atoms with E-state index in [-0.39, 0.29) is 5.56 Å². The highest BCUT2D eigenvalue weighted by Gasteiger charge is 2.32. The lowest BCUT2D eigenvalue weighted by Gasteiger charge is -2.42. The van der Waals surface area contributed by atoms with Crippen molar-refractivity contribution in [3.8, 4) is 0 Å². The van der Waals surface area contributed by atoms with E-state index >= 15 is 0 Å². The molecule has 5 nitrogen and oxygen atoms in total. The number of rotatable bonds is 4. The molecule has 3 fully saturated rings. The molecule has 2 aromatic heterocycles. The number of pyridine rings is 1. The molecule has 0 spiro atoms. The molecule has 6 rings (SSSR count). The third-order valence-corrected chi connectivity index (χ3v) is 8.32. The number of nitrogens with zero attached hydrogens (tertiary/aromatic N) is 3. The van der Waals surface area contributed by atoms with E-state index < -0.39 is 0 Å². The van der Waals surface area contributed by atoms with Gasteiger partial charge in [0.1, 0.15) is 5.65 Å². The molecule has 1 N–H and O–H groups in total. The molecular formula is C24H34N4O. The molecular weight excluding hydrogens is 360 g/mol. The number of likely N-dealkylation sites (tertiary alicyclic amines) is 1. The zero-order chi connectivity index (χ0) is 19.4. The van der Waals surface area contributed by atoms with Gasteiger partial charge in [-0.25, -0.2) is 4.68 Å². The minimum absolute atomic E-state index is 0.147. The van der Waals surface area contributed by atoms with Gasteiger partial charge in [0, 0.05) is 36.0 Å². The second-order valence-electron chi connectivity index (χ2n) is 10.1. The van der Waals surface area contributed by atoms with E-state index in [1.54, 1.807) is 0 Å². The van der Waals surface area contributed by atoms with Crippen molar-refractivity contribution in [2.45, 2.75) is 95.6 Å². The smallest absolute Gasteiger partial charge is 0.253 e. The van der Waals surface area contributed by atoms with E-state index in [4.69, 9.17) is 5.10 Å². The zero-order valence-electron chi connectivity index (χ0n) is 17.6. The lowest BCUT2D eigenvalue weighted by molar-refractivity contribution is 0.0711. The number of H-pyrrole nitrogens is 1. The summed E-state index contributed by atoms with van der Waals surface area (Å²) in [7, 11) is 0. The minimum atomic E-state index is 0.147. The van der Waals surface area contributed by atoms with Gasteiger partial charge in [-0.15, -0.1) is 0 Å². The van der Waals surface area contributed by atoms with Crippen LogP contribution in [0.2, 0.25) is 0 Å². The van der Waals surface area contributed by atoms with Crippen molar-refractivity contribution < 1.29 is 0 Å². The molecule has 2 aromatic rings. The number of nitrogens with one attached hydrogen (secondary N) is 1. The van der Waals surface area contributed by atoms with Crippen LogP contribution in [0.3, 0.4) is 0 Å². The Morgan fingerprint density at radius 1 is 0.931 bits per heavy atom. The van der Waals surface area contributed by atoms with E-state index in [9.17, 15) is 4.79 Å². The molecule has 0 aromatic carbocycles. The Labute approximate surface area is 172 Å². The molecule has 1 atom stereocenters. The van der Waals surface area contributed by atoms with Crippen molar-refractivity contribution in [2.24, 2.45) is 5.92 Å². The van der Waals surface area contributed by atoms with Crippen molar-refractivity contribution in [1.82, 2.24) is 19.7 Å². The van der Waals surface area contributed by atoms with Gasteiger partial charge in [0.05, 0.1) is 5.69 Å². The Hall–Kier alpha value is -1.62. The van der Waals surface area contributed by atoms with Gasteiger partial charge in [0.25, 0.3) is 5.56 Å². The first-order valence-corrected chi connectivity index (χ1v) is 12.2. The van der Waals surface area contributed by atoms with Gasteiger partial charge in [-0.2, -0.15) is 5.10 Å². The van der Waals surface area contributed by atoms with E-state index in [0.29, 0.717) is 11.8 Å². The summed E-state index contributed by atoms with van der Waals surface area (Å²) in [5.41, 5.74) is 4.86. The number of fused-ring (bicyclic) bond motifs is 3. The third-order valence-electron chi connectivity index (χ3n) is 8.32. The average Bonchev–Trinajstić information content (AvgIpc) is 2.97. The first kappa shape index (κ1) is 18.2. The highest BCUT2D eigenvalue weighted by Crippen LogP contribution is 2.41. The summed E-state index contributed by atoms with van der Waals surface area (Å²) < 4.78 is 2.20. The van der Waals surface area contributed by atoms with Crippen molar-refractivity contribution in [1.29, 1.82) is 0 Å². The van der Waals surface area contributed by atoms with Crippen LogP contribution in [-0.2, 0) is 19.4 Å². The van der Waals surface area contributed by atoms with Gasteiger partial charge < -0.3 is 9.88 Å². The maximum Gasteiger partial charge on any atom is 0.253 e. The summed E-state index contributed by atoms with van der Waals surface area (Å²) in [5.74, 6) is 1.26. The van der Waals surface area contributed by atoms with E-state index in [1.165, 1.54) is 87.5 Å². The molecule has 5 heteroatoms. The Balaban J connectivity index is 1.37. The Morgan fingerprint density at radius 3 is 2.45 bits per heavy atom. The molecule has 1 saturated heterocycles. The topological polar surface area (TPSA) is 53.9 Å². The monoisotopic (exact) mass is 394 g/mol. The molecule has 4 aliphatic rings. The lowest BCUT2D eigenvalue weighted by Crippen LogP contribution is -2.46. The van der Waals surface area contributed by atoms with E-state index in [0.717, 1.165) is 43.1 Å². The number of aryl methyl sites for hydroxylation is 1. The van der Waals surface area contributed by atoms with Crippen LogP contribution in [0.5, 0.6) is 0 Å². The summed E-state index contributed by atoms with van der Waals surface area (Å²) in [4.78, 5) is 18.9. The summed E-state index contributed by atoms with van der Waals surface area (Å²) >= 11 is 0. The molecule has 3 heterocycles. The van der Waals surface area contributed by atoms with Crippen LogP contribution < -0.4 is 5.56 Å². The first-order chi connectivity index (χ1) is 14.3. The second kappa shape index (κ2) is 7.26. The fraction of sp³-hybridized carbons (Fsp3) is 0.750. The molecule has 1 unspecified atom stereocenters. The fourth-order valence-electron chi connectivity index (χ4n) is 6.19.